The molecule has 2 rings (SSSR count). The molecule has 0 spiro atoms. The van der Waals surface area contributed by atoms with Gasteiger partial charge in [-0.15, -0.1) is 11.3 Å². The molecule has 114 valence electrons. The van der Waals surface area contributed by atoms with E-state index < -0.39 is 11.6 Å². The summed E-state index contributed by atoms with van der Waals surface area (Å²) in [5.41, 5.74) is 1.91. The molecule has 0 aliphatic carbocycles. The fraction of sp³-hybridized carbons (Fsp3) is 0.438. The maximum Gasteiger partial charge on any atom is 0.130 e. The Hall–Kier alpha value is -1.33. The van der Waals surface area contributed by atoms with Crippen molar-refractivity contribution in [1.29, 1.82) is 0 Å². The van der Waals surface area contributed by atoms with Crippen molar-refractivity contribution in [3.63, 3.8) is 0 Å². The minimum absolute atomic E-state index is 0.189. The number of nitrogens with zero attached hydrogens (tertiary/aromatic N) is 1. The summed E-state index contributed by atoms with van der Waals surface area (Å²) in [7, 11) is 0. The largest absolute Gasteiger partial charge is 0.310 e. The van der Waals surface area contributed by atoms with Gasteiger partial charge in [0.2, 0.25) is 0 Å². The van der Waals surface area contributed by atoms with Crippen LogP contribution in [0.5, 0.6) is 0 Å². The van der Waals surface area contributed by atoms with Crippen molar-refractivity contribution in [1.82, 2.24) is 10.3 Å². The van der Waals surface area contributed by atoms with E-state index >= 15 is 0 Å². The van der Waals surface area contributed by atoms with Crippen molar-refractivity contribution in [2.75, 3.05) is 6.54 Å². The number of hydrogen-bond donors (Lipinski definition) is 1. The van der Waals surface area contributed by atoms with Crippen LogP contribution in [0.15, 0.2) is 17.5 Å². The number of nitrogens with one attached hydrogen (secondary N) is 1. The lowest BCUT2D eigenvalue weighted by molar-refractivity contribution is 0.487. The summed E-state index contributed by atoms with van der Waals surface area (Å²) >= 11 is 1.58. The molecule has 0 bridgehead atoms. The van der Waals surface area contributed by atoms with Crippen molar-refractivity contribution in [2.24, 2.45) is 0 Å². The first-order valence-corrected chi connectivity index (χ1v) is 7.99. The molecule has 1 aromatic carbocycles. The molecular formula is C16H20F2N2S. The summed E-state index contributed by atoms with van der Waals surface area (Å²) in [6, 6.07) is 2.38. The standard InChI is InChI=1S/C16H20F2N2S/c1-4-5-19-16(7-12-9-21-11(3)20-12)13-6-10(2)14(17)8-15(13)18/h6,8-9,16,19H,4-5,7H2,1-3H3. The minimum Gasteiger partial charge on any atom is -0.310 e. The van der Waals surface area contributed by atoms with Gasteiger partial charge in [-0.2, -0.15) is 0 Å². The number of rotatable bonds is 6. The third-order valence-corrected chi connectivity index (χ3v) is 4.20. The molecule has 0 saturated heterocycles. The number of hydrogen-bond acceptors (Lipinski definition) is 3. The Morgan fingerprint density at radius 3 is 2.62 bits per heavy atom. The first kappa shape index (κ1) is 16.0. The summed E-state index contributed by atoms with van der Waals surface area (Å²) < 4.78 is 27.6. The van der Waals surface area contributed by atoms with Crippen molar-refractivity contribution in [3.05, 3.63) is 51.0 Å². The highest BCUT2D eigenvalue weighted by Crippen LogP contribution is 2.24. The smallest absolute Gasteiger partial charge is 0.130 e. The lowest BCUT2D eigenvalue weighted by Gasteiger charge is -2.19. The molecule has 2 nitrogen and oxygen atoms in total. The van der Waals surface area contributed by atoms with E-state index in [2.05, 4.69) is 17.2 Å². The van der Waals surface area contributed by atoms with Gasteiger partial charge in [-0.25, -0.2) is 13.8 Å². The van der Waals surface area contributed by atoms with E-state index in [1.54, 1.807) is 24.3 Å². The molecule has 0 saturated carbocycles. The molecule has 1 unspecified atom stereocenters. The van der Waals surface area contributed by atoms with Crippen LogP contribution < -0.4 is 5.32 Å². The fourth-order valence-electron chi connectivity index (χ4n) is 2.27. The quantitative estimate of drug-likeness (QED) is 0.859. The molecule has 21 heavy (non-hydrogen) atoms. The van der Waals surface area contributed by atoms with Crippen LogP contribution in [0.25, 0.3) is 0 Å². The number of aryl methyl sites for hydroxylation is 2. The molecule has 1 aromatic heterocycles. The average molecular weight is 310 g/mol. The van der Waals surface area contributed by atoms with Gasteiger partial charge in [0.1, 0.15) is 11.6 Å². The van der Waals surface area contributed by atoms with Gasteiger partial charge in [0.05, 0.1) is 10.7 Å². The molecule has 2 aromatic rings. The summed E-state index contributed by atoms with van der Waals surface area (Å²) in [6.07, 6.45) is 1.56. The molecule has 0 fully saturated rings. The Balaban J connectivity index is 2.28. The molecule has 0 amide bonds. The van der Waals surface area contributed by atoms with Crippen LogP contribution >= 0.6 is 11.3 Å². The summed E-state index contributed by atoms with van der Waals surface area (Å²) in [6.45, 7) is 6.44. The van der Waals surface area contributed by atoms with E-state index in [-0.39, 0.29) is 6.04 Å². The van der Waals surface area contributed by atoms with Gasteiger partial charge < -0.3 is 5.32 Å². The Morgan fingerprint density at radius 2 is 2.00 bits per heavy atom. The van der Waals surface area contributed by atoms with Crippen LogP contribution in [0.2, 0.25) is 0 Å². The second-order valence-electron chi connectivity index (χ2n) is 5.19. The normalized spacial score (nSPS) is 12.6. The molecule has 0 aliphatic rings. The maximum absolute atomic E-state index is 14.1. The van der Waals surface area contributed by atoms with Gasteiger partial charge in [-0.05, 0) is 38.4 Å². The van der Waals surface area contributed by atoms with Crippen molar-refractivity contribution in [3.8, 4) is 0 Å². The zero-order chi connectivity index (χ0) is 15.4. The number of halogens is 2. The number of aromatic nitrogens is 1. The topological polar surface area (TPSA) is 24.9 Å². The van der Waals surface area contributed by atoms with Crippen LogP contribution in [-0.4, -0.2) is 11.5 Å². The highest BCUT2D eigenvalue weighted by atomic mass is 32.1. The zero-order valence-electron chi connectivity index (χ0n) is 12.5. The Labute approximate surface area is 128 Å². The highest BCUT2D eigenvalue weighted by molar-refractivity contribution is 7.09. The Bertz CT molecular complexity index is 610. The minimum atomic E-state index is -0.505. The highest BCUT2D eigenvalue weighted by Gasteiger charge is 2.18. The van der Waals surface area contributed by atoms with Crippen molar-refractivity contribution in [2.45, 2.75) is 39.7 Å². The van der Waals surface area contributed by atoms with Crippen LogP contribution in [-0.2, 0) is 6.42 Å². The lowest BCUT2D eigenvalue weighted by Crippen LogP contribution is -2.25. The van der Waals surface area contributed by atoms with E-state index in [0.29, 0.717) is 17.5 Å². The predicted octanol–water partition coefficient (Wildman–Crippen LogP) is 4.32. The Kier molecular flexibility index (Phi) is 5.42. The second-order valence-corrected chi connectivity index (χ2v) is 6.25. The molecule has 1 atom stereocenters. The molecule has 0 radical (unpaired) electrons. The van der Waals surface area contributed by atoms with Gasteiger partial charge in [-0.3, -0.25) is 0 Å². The van der Waals surface area contributed by atoms with Crippen molar-refractivity contribution >= 4 is 11.3 Å². The molecule has 5 heteroatoms. The SMILES string of the molecule is CCCNC(Cc1csc(C)n1)c1cc(C)c(F)cc1F. The lowest BCUT2D eigenvalue weighted by atomic mass is 9.99. The third-order valence-electron chi connectivity index (χ3n) is 3.37. The molecule has 1 N–H and O–H groups in total. The number of benzene rings is 1. The van der Waals surface area contributed by atoms with Gasteiger partial charge in [0.25, 0.3) is 0 Å². The second kappa shape index (κ2) is 7.09. The fourth-order valence-corrected chi connectivity index (χ4v) is 2.89. The van der Waals surface area contributed by atoms with Gasteiger partial charge >= 0.3 is 0 Å². The van der Waals surface area contributed by atoms with E-state index in [1.165, 1.54) is 0 Å². The van der Waals surface area contributed by atoms with Gasteiger partial charge in [0, 0.05) is 29.5 Å². The van der Waals surface area contributed by atoms with Crippen LogP contribution in [0.1, 0.15) is 41.2 Å². The van der Waals surface area contributed by atoms with Crippen molar-refractivity contribution < 1.29 is 8.78 Å². The molecular weight excluding hydrogens is 290 g/mol. The van der Waals surface area contributed by atoms with Gasteiger partial charge in [-0.1, -0.05) is 6.92 Å². The zero-order valence-corrected chi connectivity index (χ0v) is 13.4. The molecule has 1 heterocycles. The summed E-state index contributed by atoms with van der Waals surface area (Å²) in [5.74, 6) is -1.01. The van der Waals surface area contributed by atoms with Crippen LogP contribution in [0.4, 0.5) is 8.78 Å². The summed E-state index contributed by atoms with van der Waals surface area (Å²) in [4.78, 5) is 4.44. The van der Waals surface area contributed by atoms with Crippen LogP contribution in [0.3, 0.4) is 0 Å². The van der Waals surface area contributed by atoms with E-state index in [4.69, 9.17) is 0 Å². The van der Waals surface area contributed by atoms with E-state index in [1.807, 2.05) is 12.3 Å². The third kappa shape index (κ3) is 4.08. The summed E-state index contributed by atoms with van der Waals surface area (Å²) in [5, 5.41) is 6.32. The van der Waals surface area contributed by atoms with Gasteiger partial charge in [0.15, 0.2) is 0 Å². The van der Waals surface area contributed by atoms with E-state index in [0.717, 1.165) is 29.7 Å². The number of thiazole rings is 1. The molecule has 0 aliphatic heterocycles. The first-order valence-electron chi connectivity index (χ1n) is 7.11. The van der Waals surface area contributed by atoms with Crippen LogP contribution in [0, 0.1) is 25.5 Å². The first-order chi connectivity index (χ1) is 10.0. The van der Waals surface area contributed by atoms with E-state index in [9.17, 15) is 8.78 Å². The maximum atomic E-state index is 14.1. The predicted molar refractivity (Wildman–Crippen MR) is 82.7 cm³/mol. The monoisotopic (exact) mass is 310 g/mol. The Morgan fingerprint density at radius 1 is 1.24 bits per heavy atom. The average Bonchev–Trinajstić information content (AvgIpc) is 2.84.